The van der Waals surface area contributed by atoms with Crippen molar-refractivity contribution < 1.29 is 27.1 Å². The van der Waals surface area contributed by atoms with Crippen molar-refractivity contribution in [2.45, 2.75) is 25.4 Å². The summed E-state index contributed by atoms with van der Waals surface area (Å²) in [6.45, 7) is 0.646. The van der Waals surface area contributed by atoms with E-state index in [0.29, 0.717) is 19.6 Å². The quantitative estimate of drug-likeness (QED) is 0.823. The molecule has 25 heavy (non-hydrogen) atoms. The minimum absolute atomic E-state index is 0.103. The number of carbonyl (C=O) groups is 1. The molecule has 1 aromatic heterocycles. The molecule has 1 aliphatic heterocycles. The highest BCUT2D eigenvalue weighted by Gasteiger charge is 2.39. The summed E-state index contributed by atoms with van der Waals surface area (Å²) in [7, 11) is 0. The first-order valence-electron chi connectivity index (χ1n) is 8.03. The van der Waals surface area contributed by atoms with Gasteiger partial charge in [-0.2, -0.15) is 13.2 Å². The number of fused-ring (bicyclic) bond motifs is 1. The van der Waals surface area contributed by atoms with Crippen LogP contribution in [0.1, 0.15) is 24.8 Å². The molecule has 1 fully saturated rings. The Labute approximate surface area is 141 Å². The minimum Gasteiger partial charge on any atom is -0.491 e. The maximum Gasteiger partial charge on any atom is 0.416 e. The normalized spacial score (nSPS) is 17.6. The fourth-order valence-corrected chi connectivity index (χ4v) is 2.96. The molecule has 2 aromatic rings. The van der Waals surface area contributed by atoms with Crippen LogP contribution in [-0.2, 0) is 11.0 Å². The van der Waals surface area contributed by atoms with Gasteiger partial charge in [0.2, 0.25) is 5.91 Å². The van der Waals surface area contributed by atoms with E-state index in [1.165, 1.54) is 11.1 Å². The molecule has 0 unspecified atom stereocenters. The smallest absolute Gasteiger partial charge is 0.416 e. The number of nitrogens with zero attached hydrogens (tertiary/aromatic N) is 2. The molecule has 2 aliphatic rings. The number of anilines is 1. The third-order valence-electron chi connectivity index (χ3n) is 4.35. The Bertz CT molecular complexity index is 798. The lowest BCUT2D eigenvalue weighted by Gasteiger charge is -2.24. The molecular weight excluding hydrogens is 337 g/mol. The van der Waals surface area contributed by atoms with E-state index in [1.807, 2.05) is 0 Å². The summed E-state index contributed by atoms with van der Waals surface area (Å²) >= 11 is 0. The van der Waals surface area contributed by atoms with Crippen LogP contribution in [0.4, 0.5) is 18.9 Å². The van der Waals surface area contributed by atoms with Gasteiger partial charge in [0.05, 0.1) is 29.6 Å². The number of alkyl halides is 3. The molecule has 0 saturated heterocycles. The van der Waals surface area contributed by atoms with Gasteiger partial charge < -0.3 is 14.1 Å². The highest BCUT2D eigenvalue weighted by Crippen LogP contribution is 2.46. The Morgan fingerprint density at radius 2 is 2.08 bits per heavy atom. The molecule has 4 rings (SSSR count). The van der Waals surface area contributed by atoms with E-state index in [-0.39, 0.29) is 34.6 Å². The van der Waals surface area contributed by atoms with Gasteiger partial charge in [-0.3, -0.25) is 4.79 Å². The molecule has 0 N–H and O–H groups in total. The van der Waals surface area contributed by atoms with E-state index < -0.39 is 11.7 Å². The minimum atomic E-state index is -4.55. The van der Waals surface area contributed by atoms with Crippen LogP contribution in [-0.4, -0.2) is 24.0 Å². The fourth-order valence-electron chi connectivity index (χ4n) is 2.96. The summed E-state index contributed by atoms with van der Waals surface area (Å²) in [6, 6.07) is 1.96. The zero-order valence-corrected chi connectivity index (χ0v) is 13.2. The predicted molar refractivity (Wildman–Crippen MR) is 82.1 cm³/mol. The highest BCUT2D eigenvalue weighted by atomic mass is 19.4. The predicted octanol–water partition coefficient (Wildman–Crippen LogP) is 3.89. The summed E-state index contributed by atoms with van der Waals surface area (Å²) in [5.74, 6) is 0.156. The van der Waals surface area contributed by atoms with Crippen LogP contribution in [0, 0.1) is 5.92 Å². The number of hydrogen-bond donors (Lipinski definition) is 0. The lowest BCUT2D eigenvalue weighted by molar-refractivity contribution is -0.137. The van der Waals surface area contributed by atoms with Crippen molar-refractivity contribution in [1.82, 2.24) is 4.98 Å². The molecule has 2 heterocycles. The molecule has 1 amide bonds. The van der Waals surface area contributed by atoms with Gasteiger partial charge in [-0.1, -0.05) is 0 Å². The Morgan fingerprint density at radius 3 is 2.72 bits per heavy atom. The molecule has 0 radical (unpaired) electrons. The van der Waals surface area contributed by atoms with Gasteiger partial charge in [0.1, 0.15) is 0 Å². The van der Waals surface area contributed by atoms with Gasteiger partial charge in [-0.25, -0.2) is 4.98 Å². The first kappa shape index (κ1) is 16.0. The molecular formula is C17H15F3N2O3. The lowest BCUT2D eigenvalue weighted by Crippen LogP contribution is -2.33. The van der Waals surface area contributed by atoms with Gasteiger partial charge in [0.15, 0.2) is 17.9 Å². The number of carbonyl (C=O) groups excluding carboxylic acids is 1. The number of rotatable bonds is 2. The largest absolute Gasteiger partial charge is 0.491 e. The summed E-state index contributed by atoms with van der Waals surface area (Å²) < 4.78 is 51.1. The summed E-state index contributed by atoms with van der Waals surface area (Å²) in [6.07, 6.45) is 0.0243. The van der Waals surface area contributed by atoms with Crippen LogP contribution >= 0.6 is 0 Å². The van der Waals surface area contributed by atoms with Gasteiger partial charge in [0, 0.05) is 12.5 Å². The molecule has 5 nitrogen and oxygen atoms in total. The van der Waals surface area contributed by atoms with E-state index in [4.69, 9.17) is 9.15 Å². The number of amides is 1. The van der Waals surface area contributed by atoms with E-state index in [9.17, 15) is 18.0 Å². The van der Waals surface area contributed by atoms with E-state index in [0.717, 1.165) is 31.4 Å². The number of aromatic nitrogens is 1. The summed E-state index contributed by atoms with van der Waals surface area (Å²) in [5.41, 5.74) is -0.551. The number of benzene rings is 1. The van der Waals surface area contributed by atoms with E-state index in [2.05, 4.69) is 4.98 Å². The van der Waals surface area contributed by atoms with Crippen molar-refractivity contribution >= 4 is 11.6 Å². The maximum atomic E-state index is 13.4. The van der Waals surface area contributed by atoms with E-state index in [1.54, 1.807) is 0 Å². The second kappa shape index (κ2) is 5.79. The highest BCUT2D eigenvalue weighted by molar-refractivity contribution is 5.99. The van der Waals surface area contributed by atoms with Crippen molar-refractivity contribution in [3.63, 3.8) is 0 Å². The molecule has 1 saturated carbocycles. The molecule has 0 atom stereocenters. The zero-order valence-electron chi connectivity index (χ0n) is 13.2. The molecule has 0 bridgehead atoms. The van der Waals surface area contributed by atoms with Crippen LogP contribution in [0.5, 0.6) is 5.75 Å². The van der Waals surface area contributed by atoms with Crippen molar-refractivity contribution in [1.29, 1.82) is 0 Å². The van der Waals surface area contributed by atoms with Gasteiger partial charge >= 0.3 is 6.18 Å². The number of hydrogen-bond acceptors (Lipinski definition) is 4. The summed E-state index contributed by atoms with van der Waals surface area (Å²) in [4.78, 5) is 17.8. The topological polar surface area (TPSA) is 55.6 Å². The van der Waals surface area contributed by atoms with Crippen LogP contribution in [0.3, 0.4) is 0 Å². The van der Waals surface area contributed by atoms with Gasteiger partial charge in [-0.15, -0.1) is 0 Å². The van der Waals surface area contributed by atoms with Crippen molar-refractivity contribution in [3.8, 4) is 17.1 Å². The zero-order chi connectivity index (χ0) is 17.6. The lowest BCUT2D eigenvalue weighted by atomic mass is 10.0. The van der Waals surface area contributed by atoms with Crippen LogP contribution in [0.2, 0.25) is 0 Å². The second-order valence-electron chi connectivity index (χ2n) is 6.20. The average molecular weight is 352 g/mol. The maximum absolute atomic E-state index is 13.4. The van der Waals surface area contributed by atoms with Crippen LogP contribution < -0.4 is 9.64 Å². The average Bonchev–Trinajstić information content (AvgIpc) is 3.32. The second-order valence-corrected chi connectivity index (χ2v) is 6.20. The standard InChI is InChI=1S/C17H15F3N2O3/c18-17(19,20)11-6-12(14-8-21-9-25-14)15-13(7-11)22(4-1-5-24-15)16(23)10-2-3-10/h6-10H,1-5H2. The molecule has 1 aliphatic carbocycles. The third kappa shape index (κ3) is 2.96. The third-order valence-corrected chi connectivity index (χ3v) is 4.35. The Morgan fingerprint density at radius 1 is 1.28 bits per heavy atom. The first-order chi connectivity index (χ1) is 11.9. The fraction of sp³-hybridized carbons (Fsp3) is 0.412. The monoisotopic (exact) mass is 352 g/mol. The SMILES string of the molecule is O=C(C1CC1)N1CCCOc2c(-c3cnco3)cc(C(F)(F)F)cc21. The Balaban J connectivity index is 1.91. The molecule has 8 heteroatoms. The van der Waals surface area contributed by atoms with E-state index >= 15 is 0 Å². The molecule has 1 aromatic carbocycles. The van der Waals surface area contributed by atoms with Gasteiger partial charge in [0.25, 0.3) is 0 Å². The molecule has 0 spiro atoms. The number of oxazole rings is 1. The van der Waals surface area contributed by atoms with Crippen molar-refractivity contribution in [3.05, 3.63) is 30.3 Å². The van der Waals surface area contributed by atoms with Crippen LogP contribution in [0.25, 0.3) is 11.3 Å². The molecule has 132 valence electrons. The summed E-state index contributed by atoms with van der Waals surface area (Å²) in [5, 5.41) is 0. The van der Waals surface area contributed by atoms with Crippen molar-refractivity contribution in [2.24, 2.45) is 5.92 Å². The van der Waals surface area contributed by atoms with Gasteiger partial charge in [-0.05, 0) is 31.4 Å². The number of ether oxygens (including phenoxy) is 1. The first-order valence-corrected chi connectivity index (χ1v) is 8.03. The van der Waals surface area contributed by atoms with Crippen LogP contribution in [0.15, 0.2) is 29.1 Å². The Kier molecular flexibility index (Phi) is 3.70. The number of halogens is 3. The Hall–Kier alpha value is -2.51. The van der Waals surface area contributed by atoms with Crippen molar-refractivity contribution in [2.75, 3.05) is 18.1 Å².